The molecule has 2 aromatic carbocycles. The highest BCUT2D eigenvalue weighted by Crippen LogP contribution is 2.12. The minimum Gasteiger partial charge on any atom is -0.452 e. The number of amides is 1. The van der Waals surface area contributed by atoms with Gasteiger partial charge in [0.15, 0.2) is 16.4 Å². The van der Waals surface area contributed by atoms with E-state index < -0.39 is 34.1 Å². The number of rotatable bonds is 5. The molecule has 0 atom stereocenters. The molecule has 0 heterocycles. The van der Waals surface area contributed by atoms with E-state index in [0.717, 1.165) is 6.26 Å². The molecule has 0 unspecified atom stereocenters. The largest absolute Gasteiger partial charge is 0.452 e. The number of carbonyl (C=O) groups excluding carboxylic acids is 2. The molecule has 6 nitrogen and oxygen atoms in total. The van der Waals surface area contributed by atoms with E-state index in [1.807, 2.05) is 0 Å². The zero-order chi connectivity index (χ0) is 17.7. The Kier molecular flexibility index (Phi) is 5.30. The third-order valence-corrected chi connectivity index (χ3v) is 4.07. The van der Waals surface area contributed by atoms with Gasteiger partial charge in [0.05, 0.1) is 10.5 Å². The molecule has 0 bridgehead atoms. The van der Waals surface area contributed by atoms with Gasteiger partial charge in [0.2, 0.25) is 0 Å². The van der Waals surface area contributed by atoms with Crippen molar-refractivity contribution >= 4 is 27.4 Å². The topological polar surface area (TPSA) is 89.5 Å². The van der Waals surface area contributed by atoms with E-state index in [0.29, 0.717) is 5.69 Å². The molecule has 2 aromatic rings. The fraction of sp³-hybridized carbons (Fsp3) is 0.125. The zero-order valence-corrected chi connectivity index (χ0v) is 13.5. The third-order valence-electron chi connectivity index (χ3n) is 2.96. The summed E-state index contributed by atoms with van der Waals surface area (Å²) in [6.07, 6.45) is 1.02. The molecule has 0 fully saturated rings. The Labute approximate surface area is 138 Å². The van der Waals surface area contributed by atoms with Crippen LogP contribution in [-0.4, -0.2) is 33.2 Å². The van der Waals surface area contributed by atoms with Gasteiger partial charge in [-0.3, -0.25) is 4.79 Å². The van der Waals surface area contributed by atoms with Gasteiger partial charge in [-0.25, -0.2) is 17.6 Å². The molecule has 0 radical (unpaired) electrons. The Balaban J connectivity index is 1.95. The highest BCUT2D eigenvalue weighted by molar-refractivity contribution is 7.90. The highest BCUT2D eigenvalue weighted by Gasteiger charge is 2.14. The van der Waals surface area contributed by atoms with Crippen LogP contribution in [0.1, 0.15) is 10.4 Å². The Morgan fingerprint density at radius 3 is 2.42 bits per heavy atom. The van der Waals surface area contributed by atoms with E-state index in [4.69, 9.17) is 4.74 Å². The second-order valence-corrected chi connectivity index (χ2v) is 6.95. The Morgan fingerprint density at radius 1 is 1.12 bits per heavy atom. The summed E-state index contributed by atoms with van der Waals surface area (Å²) in [5.41, 5.74) is 0.379. The second-order valence-electron chi connectivity index (χ2n) is 4.93. The van der Waals surface area contributed by atoms with Crippen LogP contribution >= 0.6 is 0 Å². The number of benzene rings is 2. The van der Waals surface area contributed by atoms with E-state index in [-0.39, 0.29) is 10.5 Å². The van der Waals surface area contributed by atoms with Gasteiger partial charge in [-0.05, 0) is 42.5 Å². The molecule has 126 valence electrons. The van der Waals surface area contributed by atoms with E-state index in [1.165, 1.54) is 48.5 Å². The first-order chi connectivity index (χ1) is 11.3. The predicted molar refractivity (Wildman–Crippen MR) is 84.9 cm³/mol. The highest BCUT2D eigenvalue weighted by atomic mass is 32.2. The van der Waals surface area contributed by atoms with Crippen molar-refractivity contribution in [2.24, 2.45) is 0 Å². The summed E-state index contributed by atoms with van der Waals surface area (Å²) in [7, 11) is -3.45. The van der Waals surface area contributed by atoms with E-state index in [1.54, 1.807) is 0 Å². The molecular formula is C16H14FNO5S. The van der Waals surface area contributed by atoms with Crippen molar-refractivity contribution in [3.8, 4) is 0 Å². The standard InChI is InChI=1S/C16H14FNO5S/c1-24(21,22)14-4-2-3-11(9-14)16(20)23-10-15(19)18-13-7-5-12(17)6-8-13/h2-9H,10H2,1H3,(H,18,19). The molecule has 1 N–H and O–H groups in total. The Bertz CT molecular complexity index is 862. The van der Waals surface area contributed by atoms with Crippen molar-refractivity contribution in [1.29, 1.82) is 0 Å². The third kappa shape index (κ3) is 4.88. The maximum atomic E-state index is 12.8. The van der Waals surface area contributed by atoms with Crippen LogP contribution in [0.4, 0.5) is 10.1 Å². The van der Waals surface area contributed by atoms with Crippen LogP contribution in [0.25, 0.3) is 0 Å². The van der Waals surface area contributed by atoms with Crippen molar-refractivity contribution in [1.82, 2.24) is 0 Å². The number of ether oxygens (including phenoxy) is 1. The molecule has 0 aliphatic rings. The lowest BCUT2D eigenvalue weighted by Crippen LogP contribution is -2.21. The average molecular weight is 351 g/mol. The van der Waals surface area contributed by atoms with Crippen LogP contribution in [0.2, 0.25) is 0 Å². The van der Waals surface area contributed by atoms with E-state index >= 15 is 0 Å². The first-order valence-corrected chi connectivity index (χ1v) is 8.67. The second kappa shape index (κ2) is 7.22. The van der Waals surface area contributed by atoms with E-state index in [2.05, 4.69) is 5.32 Å². The Hall–Kier alpha value is -2.74. The summed E-state index contributed by atoms with van der Waals surface area (Å²) in [5.74, 6) is -1.87. The minimum absolute atomic E-state index is 0.0206. The summed E-state index contributed by atoms with van der Waals surface area (Å²) in [6, 6.07) is 10.4. The zero-order valence-electron chi connectivity index (χ0n) is 12.7. The summed E-state index contributed by atoms with van der Waals surface area (Å²) < 4.78 is 40.5. The molecular weight excluding hydrogens is 337 g/mol. The summed E-state index contributed by atoms with van der Waals surface area (Å²) in [6.45, 7) is -0.556. The molecule has 1 amide bonds. The van der Waals surface area contributed by atoms with Crippen molar-refractivity contribution in [3.63, 3.8) is 0 Å². The molecule has 24 heavy (non-hydrogen) atoms. The lowest BCUT2D eigenvalue weighted by atomic mass is 10.2. The molecule has 2 rings (SSSR count). The van der Waals surface area contributed by atoms with Crippen molar-refractivity contribution in [2.45, 2.75) is 4.90 Å². The lowest BCUT2D eigenvalue weighted by Gasteiger charge is -2.07. The quantitative estimate of drug-likeness (QED) is 0.833. The minimum atomic E-state index is -3.45. The normalized spacial score (nSPS) is 10.9. The monoisotopic (exact) mass is 351 g/mol. The number of sulfone groups is 1. The van der Waals surface area contributed by atoms with Gasteiger partial charge < -0.3 is 10.1 Å². The molecule has 0 aliphatic carbocycles. The molecule has 0 aromatic heterocycles. The molecule has 0 spiro atoms. The maximum Gasteiger partial charge on any atom is 0.338 e. The van der Waals surface area contributed by atoms with Crippen molar-refractivity contribution < 1.29 is 27.1 Å². The predicted octanol–water partition coefficient (Wildman–Crippen LogP) is 2.02. The van der Waals surface area contributed by atoms with E-state index in [9.17, 15) is 22.4 Å². The summed E-state index contributed by atoms with van der Waals surface area (Å²) in [5, 5.41) is 2.43. The van der Waals surface area contributed by atoms with Gasteiger partial charge in [-0.2, -0.15) is 0 Å². The van der Waals surface area contributed by atoms with Crippen molar-refractivity contribution in [3.05, 3.63) is 59.9 Å². The number of hydrogen-bond donors (Lipinski definition) is 1. The number of anilines is 1. The Morgan fingerprint density at radius 2 is 1.79 bits per heavy atom. The number of halogens is 1. The summed E-state index contributed by atoms with van der Waals surface area (Å²) >= 11 is 0. The lowest BCUT2D eigenvalue weighted by molar-refractivity contribution is -0.119. The average Bonchev–Trinajstić information content (AvgIpc) is 2.54. The van der Waals surface area contributed by atoms with Crippen LogP contribution in [-0.2, 0) is 19.4 Å². The number of hydrogen-bond acceptors (Lipinski definition) is 5. The van der Waals surface area contributed by atoms with Crippen LogP contribution in [0, 0.1) is 5.82 Å². The maximum absolute atomic E-state index is 12.8. The molecule has 8 heteroatoms. The smallest absolute Gasteiger partial charge is 0.338 e. The SMILES string of the molecule is CS(=O)(=O)c1cccc(C(=O)OCC(=O)Nc2ccc(F)cc2)c1. The molecule has 0 saturated carbocycles. The molecule has 0 aliphatic heterocycles. The fourth-order valence-electron chi connectivity index (χ4n) is 1.80. The molecule has 0 saturated heterocycles. The van der Waals surface area contributed by atoms with Gasteiger partial charge in [-0.15, -0.1) is 0 Å². The van der Waals surface area contributed by atoms with Crippen molar-refractivity contribution in [2.75, 3.05) is 18.2 Å². The number of nitrogens with one attached hydrogen (secondary N) is 1. The first kappa shape index (κ1) is 17.6. The van der Waals surface area contributed by atoms with Crippen LogP contribution in [0.3, 0.4) is 0 Å². The van der Waals surface area contributed by atoms with Gasteiger partial charge in [0, 0.05) is 11.9 Å². The van der Waals surface area contributed by atoms with Gasteiger partial charge in [0.1, 0.15) is 5.82 Å². The first-order valence-electron chi connectivity index (χ1n) is 6.78. The van der Waals surface area contributed by atoms with Crippen LogP contribution < -0.4 is 5.32 Å². The number of carbonyl (C=O) groups is 2. The fourth-order valence-corrected chi connectivity index (χ4v) is 2.47. The van der Waals surface area contributed by atoms with Gasteiger partial charge >= 0.3 is 5.97 Å². The van der Waals surface area contributed by atoms with Crippen LogP contribution in [0.5, 0.6) is 0 Å². The number of esters is 1. The van der Waals surface area contributed by atoms with Gasteiger partial charge in [0.25, 0.3) is 5.91 Å². The summed E-state index contributed by atoms with van der Waals surface area (Å²) in [4.78, 5) is 23.5. The van der Waals surface area contributed by atoms with Gasteiger partial charge in [-0.1, -0.05) is 6.07 Å². The van der Waals surface area contributed by atoms with Crippen LogP contribution in [0.15, 0.2) is 53.4 Å².